The third-order valence-corrected chi connectivity index (χ3v) is 2.26. The molecule has 0 rings (SSSR count). The summed E-state index contributed by atoms with van der Waals surface area (Å²) >= 11 is 0. The SMILES string of the molecule is CCN(CC)CCC(CN)OC. The Hall–Kier alpha value is -0.120. The molecule has 0 heterocycles. The molecule has 2 N–H and O–H groups in total. The predicted octanol–water partition coefficient (Wildman–Crippen LogP) is 0.692. The fourth-order valence-electron chi connectivity index (χ4n) is 1.20. The topological polar surface area (TPSA) is 38.5 Å². The monoisotopic (exact) mass is 174 g/mol. The maximum absolute atomic E-state index is 5.51. The zero-order valence-electron chi connectivity index (χ0n) is 8.55. The number of rotatable bonds is 7. The molecular formula is C9H22N2O. The Bertz CT molecular complexity index is 78.5. The molecule has 0 saturated heterocycles. The van der Waals surface area contributed by atoms with Crippen LogP contribution in [0, 0.1) is 0 Å². The van der Waals surface area contributed by atoms with Crippen molar-refractivity contribution in [1.82, 2.24) is 4.90 Å². The molecule has 0 aromatic carbocycles. The van der Waals surface area contributed by atoms with Crippen molar-refractivity contribution in [3.05, 3.63) is 0 Å². The Kier molecular flexibility index (Phi) is 7.45. The zero-order valence-corrected chi connectivity index (χ0v) is 8.55. The summed E-state index contributed by atoms with van der Waals surface area (Å²) < 4.78 is 5.19. The molecule has 12 heavy (non-hydrogen) atoms. The first-order valence-corrected chi connectivity index (χ1v) is 4.73. The molecule has 1 atom stereocenters. The summed E-state index contributed by atoms with van der Waals surface area (Å²) in [6.45, 7) is 8.27. The lowest BCUT2D eigenvalue weighted by Crippen LogP contribution is -2.30. The van der Waals surface area contributed by atoms with Crippen LogP contribution in [-0.2, 0) is 4.74 Å². The molecule has 3 nitrogen and oxygen atoms in total. The lowest BCUT2D eigenvalue weighted by molar-refractivity contribution is 0.0908. The number of hydrogen-bond donors (Lipinski definition) is 1. The van der Waals surface area contributed by atoms with Gasteiger partial charge in [-0.3, -0.25) is 0 Å². The highest BCUT2D eigenvalue weighted by Gasteiger charge is 2.06. The van der Waals surface area contributed by atoms with Crippen LogP contribution < -0.4 is 5.73 Å². The molecule has 0 radical (unpaired) electrons. The lowest BCUT2D eigenvalue weighted by atomic mass is 10.2. The van der Waals surface area contributed by atoms with Gasteiger partial charge in [0.15, 0.2) is 0 Å². The van der Waals surface area contributed by atoms with Crippen LogP contribution in [0.3, 0.4) is 0 Å². The maximum atomic E-state index is 5.51. The molecule has 1 unspecified atom stereocenters. The summed E-state index contributed by atoms with van der Waals surface area (Å²) in [6, 6.07) is 0. The van der Waals surface area contributed by atoms with Gasteiger partial charge in [-0.05, 0) is 19.5 Å². The molecule has 74 valence electrons. The summed E-state index contributed by atoms with van der Waals surface area (Å²) in [5.74, 6) is 0. The van der Waals surface area contributed by atoms with Crippen LogP contribution >= 0.6 is 0 Å². The average Bonchev–Trinajstić information content (AvgIpc) is 2.13. The minimum absolute atomic E-state index is 0.227. The van der Waals surface area contributed by atoms with Crippen molar-refractivity contribution in [3.8, 4) is 0 Å². The van der Waals surface area contributed by atoms with Crippen LogP contribution in [0.5, 0.6) is 0 Å². The van der Waals surface area contributed by atoms with Gasteiger partial charge in [0.25, 0.3) is 0 Å². The van der Waals surface area contributed by atoms with Crippen LogP contribution in [0.1, 0.15) is 20.3 Å². The molecule has 0 aliphatic rings. The Balaban J connectivity index is 3.49. The highest BCUT2D eigenvalue weighted by atomic mass is 16.5. The van der Waals surface area contributed by atoms with E-state index in [1.165, 1.54) is 0 Å². The molecular weight excluding hydrogens is 152 g/mol. The molecule has 0 aliphatic carbocycles. The summed E-state index contributed by atoms with van der Waals surface area (Å²) in [7, 11) is 1.72. The summed E-state index contributed by atoms with van der Waals surface area (Å²) in [5.41, 5.74) is 5.51. The third-order valence-electron chi connectivity index (χ3n) is 2.26. The van der Waals surface area contributed by atoms with Gasteiger partial charge in [0.2, 0.25) is 0 Å². The minimum Gasteiger partial charge on any atom is -0.380 e. The molecule has 0 aromatic heterocycles. The van der Waals surface area contributed by atoms with E-state index in [1.807, 2.05) is 0 Å². The van der Waals surface area contributed by atoms with Gasteiger partial charge in [-0.15, -0.1) is 0 Å². The van der Waals surface area contributed by atoms with Gasteiger partial charge in [-0.2, -0.15) is 0 Å². The summed E-state index contributed by atoms with van der Waals surface area (Å²) in [6.07, 6.45) is 1.26. The minimum atomic E-state index is 0.227. The van der Waals surface area contributed by atoms with Crippen LogP contribution in [0.4, 0.5) is 0 Å². The second-order valence-electron chi connectivity index (χ2n) is 2.91. The Morgan fingerprint density at radius 2 is 1.92 bits per heavy atom. The molecule has 0 spiro atoms. The van der Waals surface area contributed by atoms with Crippen LogP contribution in [0.25, 0.3) is 0 Å². The zero-order chi connectivity index (χ0) is 9.40. The van der Waals surface area contributed by atoms with E-state index in [4.69, 9.17) is 10.5 Å². The molecule has 0 bridgehead atoms. The van der Waals surface area contributed by atoms with E-state index in [1.54, 1.807) is 7.11 Å². The maximum Gasteiger partial charge on any atom is 0.0705 e. The van der Waals surface area contributed by atoms with Crippen molar-refractivity contribution >= 4 is 0 Å². The Morgan fingerprint density at radius 1 is 1.33 bits per heavy atom. The molecule has 3 heteroatoms. The standard InChI is InChI=1S/C9H22N2O/c1-4-11(5-2)7-6-9(8-10)12-3/h9H,4-8,10H2,1-3H3. The van der Waals surface area contributed by atoms with Crippen molar-refractivity contribution in [1.29, 1.82) is 0 Å². The van der Waals surface area contributed by atoms with Gasteiger partial charge in [-0.1, -0.05) is 13.8 Å². The molecule has 0 aromatic rings. The first kappa shape index (κ1) is 11.9. The number of nitrogens with zero attached hydrogens (tertiary/aromatic N) is 1. The average molecular weight is 174 g/mol. The van der Waals surface area contributed by atoms with Crippen molar-refractivity contribution in [2.24, 2.45) is 5.73 Å². The second-order valence-corrected chi connectivity index (χ2v) is 2.91. The number of hydrogen-bond acceptors (Lipinski definition) is 3. The first-order valence-electron chi connectivity index (χ1n) is 4.73. The highest BCUT2D eigenvalue weighted by molar-refractivity contribution is 4.61. The largest absolute Gasteiger partial charge is 0.380 e. The van der Waals surface area contributed by atoms with Crippen molar-refractivity contribution in [2.75, 3.05) is 33.3 Å². The Labute approximate surface area is 75.9 Å². The summed E-state index contributed by atoms with van der Waals surface area (Å²) in [4.78, 5) is 2.38. The van der Waals surface area contributed by atoms with Crippen LogP contribution in [-0.4, -0.2) is 44.3 Å². The normalized spacial score (nSPS) is 13.8. The summed E-state index contributed by atoms with van der Waals surface area (Å²) in [5, 5.41) is 0. The lowest BCUT2D eigenvalue weighted by Gasteiger charge is -2.20. The van der Waals surface area contributed by atoms with Gasteiger partial charge < -0.3 is 15.4 Å². The number of methoxy groups -OCH3 is 1. The van der Waals surface area contributed by atoms with E-state index in [2.05, 4.69) is 18.7 Å². The fourth-order valence-corrected chi connectivity index (χ4v) is 1.20. The van der Waals surface area contributed by atoms with E-state index in [9.17, 15) is 0 Å². The third kappa shape index (κ3) is 4.70. The molecule has 0 amide bonds. The smallest absolute Gasteiger partial charge is 0.0705 e. The van der Waals surface area contributed by atoms with Gasteiger partial charge in [0.05, 0.1) is 6.10 Å². The van der Waals surface area contributed by atoms with E-state index in [-0.39, 0.29) is 6.10 Å². The van der Waals surface area contributed by atoms with E-state index < -0.39 is 0 Å². The van der Waals surface area contributed by atoms with Crippen molar-refractivity contribution < 1.29 is 4.74 Å². The quantitative estimate of drug-likeness (QED) is 0.617. The molecule has 0 aliphatic heterocycles. The van der Waals surface area contributed by atoms with E-state index >= 15 is 0 Å². The van der Waals surface area contributed by atoms with Crippen molar-refractivity contribution in [3.63, 3.8) is 0 Å². The second kappa shape index (κ2) is 7.53. The Morgan fingerprint density at radius 3 is 2.25 bits per heavy atom. The van der Waals surface area contributed by atoms with Gasteiger partial charge in [-0.25, -0.2) is 0 Å². The van der Waals surface area contributed by atoms with E-state index in [0.717, 1.165) is 26.1 Å². The molecule has 0 fully saturated rings. The van der Waals surface area contributed by atoms with Crippen LogP contribution in [0.2, 0.25) is 0 Å². The van der Waals surface area contributed by atoms with Gasteiger partial charge in [0.1, 0.15) is 0 Å². The molecule has 0 saturated carbocycles. The predicted molar refractivity (Wildman–Crippen MR) is 52.3 cm³/mol. The highest BCUT2D eigenvalue weighted by Crippen LogP contribution is 1.97. The van der Waals surface area contributed by atoms with E-state index in [0.29, 0.717) is 6.54 Å². The van der Waals surface area contributed by atoms with Gasteiger partial charge in [0, 0.05) is 20.2 Å². The number of ether oxygens (including phenoxy) is 1. The van der Waals surface area contributed by atoms with Crippen LogP contribution in [0.15, 0.2) is 0 Å². The number of nitrogens with two attached hydrogens (primary N) is 1. The van der Waals surface area contributed by atoms with Crippen molar-refractivity contribution in [2.45, 2.75) is 26.4 Å². The fraction of sp³-hybridized carbons (Fsp3) is 1.00. The van der Waals surface area contributed by atoms with Gasteiger partial charge >= 0.3 is 0 Å². The first-order chi connectivity index (χ1) is 5.78.